The maximum atomic E-state index is 13.0. The Morgan fingerprint density at radius 2 is 1.11 bits per heavy atom. The number of halogens is 2. The van der Waals surface area contributed by atoms with Gasteiger partial charge in [-0.1, -0.05) is 24.3 Å². The van der Waals surface area contributed by atoms with Gasteiger partial charge in [-0.3, -0.25) is 0 Å². The van der Waals surface area contributed by atoms with Crippen molar-refractivity contribution in [2.75, 3.05) is 0 Å². The van der Waals surface area contributed by atoms with Crippen LogP contribution >= 0.6 is 0 Å². The van der Waals surface area contributed by atoms with Crippen molar-refractivity contribution in [3.05, 3.63) is 59.2 Å². The molecule has 0 heterocycles. The lowest BCUT2D eigenvalue weighted by Gasteiger charge is -1.98. The van der Waals surface area contributed by atoms with Crippen molar-refractivity contribution in [3.63, 3.8) is 0 Å². The van der Waals surface area contributed by atoms with Gasteiger partial charge in [0.2, 0.25) is 0 Å². The van der Waals surface area contributed by atoms with Gasteiger partial charge in [0, 0.05) is 0 Å². The quantitative estimate of drug-likeness (QED) is 0.798. The van der Waals surface area contributed by atoms with E-state index in [0.717, 1.165) is 0 Å². The van der Waals surface area contributed by atoms with E-state index in [-0.39, 0.29) is 0 Å². The Bertz CT molecular complexity index is 553. The molecular weight excluding hydrogens is 238 g/mol. The number of phenols is 2. The molecule has 0 aliphatic heterocycles. The molecule has 0 spiro atoms. The molecule has 2 aromatic rings. The highest BCUT2D eigenvalue weighted by Crippen LogP contribution is 2.20. The number of rotatable bonds is 2. The van der Waals surface area contributed by atoms with Crippen LogP contribution < -0.4 is 0 Å². The van der Waals surface area contributed by atoms with E-state index >= 15 is 0 Å². The monoisotopic (exact) mass is 248 g/mol. The van der Waals surface area contributed by atoms with E-state index in [4.69, 9.17) is 10.2 Å². The summed E-state index contributed by atoms with van der Waals surface area (Å²) < 4.78 is 26.1. The van der Waals surface area contributed by atoms with Crippen molar-refractivity contribution >= 4 is 12.2 Å². The zero-order valence-electron chi connectivity index (χ0n) is 9.27. The van der Waals surface area contributed by atoms with Gasteiger partial charge in [0.1, 0.15) is 0 Å². The van der Waals surface area contributed by atoms with Crippen LogP contribution in [-0.2, 0) is 0 Å². The number of hydrogen-bond acceptors (Lipinski definition) is 2. The van der Waals surface area contributed by atoms with Gasteiger partial charge in [0.05, 0.1) is 0 Å². The number of hydrogen-bond donors (Lipinski definition) is 2. The van der Waals surface area contributed by atoms with Gasteiger partial charge in [-0.2, -0.15) is 0 Å². The third-order valence-electron chi connectivity index (χ3n) is 2.41. The molecule has 0 aromatic heterocycles. The molecule has 18 heavy (non-hydrogen) atoms. The Kier molecular flexibility index (Phi) is 3.28. The molecule has 0 unspecified atom stereocenters. The van der Waals surface area contributed by atoms with Crippen LogP contribution in [0.1, 0.15) is 11.1 Å². The fourth-order valence-corrected chi connectivity index (χ4v) is 1.45. The Labute approximate surface area is 102 Å². The summed E-state index contributed by atoms with van der Waals surface area (Å²) in [5.41, 5.74) is 1.08. The largest absolute Gasteiger partial charge is 0.505 e. The molecule has 0 saturated carbocycles. The number of benzene rings is 2. The van der Waals surface area contributed by atoms with E-state index in [2.05, 4.69) is 0 Å². The maximum Gasteiger partial charge on any atom is 0.165 e. The second-order valence-electron chi connectivity index (χ2n) is 3.76. The molecule has 92 valence electrons. The lowest BCUT2D eigenvalue weighted by atomic mass is 10.1. The van der Waals surface area contributed by atoms with E-state index in [9.17, 15) is 8.78 Å². The molecule has 2 rings (SSSR count). The van der Waals surface area contributed by atoms with Crippen LogP contribution in [-0.4, -0.2) is 10.2 Å². The van der Waals surface area contributed by atoms with Crippen LogP contribution in [0.5, 0.6) is 11.5 Å². The molecule has 0 atom stereocenters. The van der Waals surface area contributed by atoms with Gasteiger partial charge >= 0.3 is 0 Å². The summed E-state index contributed by atoms with van der Waals surface area (Å²) in [5.74, 6) is -2.26. The van der Waals surface area contributed by atoms with Crippen molar-refractivity contribution in [1.82, 2.24) is 0 Å². The second-order valence-corrected chi connectivity index (χ2v) is 3.76. The molecule has 0 aliphatic carbocycles. The van der Waals surface area contributed by atoms with Crippen LogP contribution in [0, 0.1) is 11.6 Å². The molecule has 0 amide bonds. The van der Waals surface area contributed by atoms with Crippen molar-refractivity contribution < 1.29 is 19.0 Å². The van der Waals surface area contributed by atoms with Gasteiger partial charge in [-0.05, 0) is 35.4 Å². The molecule has 0 saturated heterocycles. The molecule has 2 nitrogen and oxygen atoms in total. The minimum atomic E-state index is -0.714. The van der Waals surface area contributed by atoms with E-state index < -0.39 is 23.1 Å². The van der Waals surface area contributed by atoms with E-state index in [1.165, 1.54) is 36.4 Å². The lowest BCUT2D eigenvalue weighted by Crippen LogP contribution is -1.80. The van der Waals surface area contributed by atoms with E-state index in [1.54, 1.807) is 12.2 Å². The number of aromatic hydroxyl groups is 2. The third kappa shape index (κ3) is 2.66. The van der Waals surface area contributed by atoms with Crippen LogP contribution in [0.4, 0.5) is 8.78 Å². The Morgan fingerprint density at radius 1 is 0.722 bits per heavy atom. The maximum absolute atomic E-state index is 13.0. The summed E-state index contributed by atoms with van der Waals surface area (Å²) in [6.45, 7) is 0. The molecule has 0 radical (unpaired) electrons. The molecular formula is C14H10F2O2. The van der Waals surface area contributed by atoms with Gasteiger partial charge in [-0.25, -0.2) is 8.78 Å². The average molecular weight is 248 g/mol. The smallest absolute Gasteiger partial charge is 0.165 e. The molecule has 0 aliphatic rings. The first kappa shape index (κ1) is 12.1. The van der Waals surface area contributed by atoms with Crippen molar-refractivity contribution in [3.8, 4) is 11.5 Å². The van der Waals surface area contributed by atoms with Crippen LogP contribution in [0.25, 0.3) is 12.2 Å². The van der Waals surface area contributed by atoms with Gasteiger partial charge in [0.15, 0.2) is 23.1 Å². The van der Waals surface area contributed by atoms with E-state index in [1.807, 2.05) is 0 Å². The van der Waals surface area contributed by atoms with Crippen LogP contribution in [0.2, 0.25) is 0 Å². The van der Waals surface area contributed by atoms with Crippen LogP contribution in [0.15, 0.2) is 36.4 Å². The minimum absolute atomic E-state index is 0.414. The molecule has 0 fully saturated rings. The van der Waals surface area contributed by atoms with Crippen molar-refractivity contribution in [2.24, 2.45) is 0 Å². The molecule has 0 bridgehead atoms. The SMILES string of the molecule is Oc1ccc(/C=C/c2ccc(O)c(F)c2)cc1F. The van der Waals surface area contributed by atoms with Crippen molar-refractivity contribution in [1.29, 1.82) is 0 Å². The first-order chi connectivity index (χ1) is 8.56. The Morgan fingerprint density at radius 3 is 1.44 bits per heavy atom. The standard InChI is InChI=1S/C14H10F2O2/c15-11-7-9(3-5-13(11)17)1-2-10-4-6-14(18)12(16)8-10/h1-8,17-18H/b2-1+. The lowest BCUT2D eigenvalue weighted by molar-refractivity contribution is 0.432. The summed E-state index contributed by atoms with van der Waals surface area (Å²) in [6.07, 6.45) is 3.16. The summed E-state index contributed by atoms with van der Waals surface area (Å²) in [5, 5.41) is 18.0. The summed E-state index contributed by atoms with van der Waals surface area (Å²) in [7, 11) is 0. The van der Waals surface area contributed by atoms with Gasteiger partial charge < -0.3 is 10.2 Å². The van der Waals surface area contributed by atoms with Gasteiger partial charge in [0.25, 0.3) is 0 Å². The Hall–Kier alpha value is -2.36. The van der Waals surface area contributed by atoms with Crippen molar-refractivity contribution in [2.45, 2.75) is 0 Å². The zero-order chi connectivity index (χ0) is 13.1. The fourth-order valence-electron chi connectivity index (χ4n) is 1.45. The summed E-state index contributed by atoms with van der Waals surface area (Å²) in [4.78, 5) is 0. The first-order valence-electron chi connectivity index (χ1n) is 5.21. The highest BCUT2D eigenvalue weighted by Gasteiger charge is 2.00. The highest BCUT2D eigenvalue weighted by atomic mass is 19.1. The topological polar surface area (TPSA) is 40.5 Å². The van der Waals surface area contributed by atoms with Gasteiger partial charge in [-0.15, -0.1) is 0 Å². The van der Waals surface area contributed by atoms with E-state index in [0.29, 0.717) is 11.1 Å². The molecule has 2 aromatic carbocycles. The molecule has 4 heteroatoms. The minimum Gasteiger partial charge on any atom is -0.505 e. The average Bonchev–Trinajstić information content (AvgIpc) is 2.35. The highest BCUT2D eigenvalue weighted by molar-refractivity contribution is 5.70. The normalized spacial score (nSPS) is 11.0. The fraction of sp³-hybridized carbons (Fsp3) is 0. The van der Waals surface area contributed by atoms with Crippen LogP contribution in [0.3, 0.4) is 0 Å². The predicted octanol–water partition coefficient (Wildman–Crippen LogP) is 3.55. The predicted molar refractivity (Wildman–Crippen MR) is 65.1 cm³/mol. The zero-order valence-corrected chi connectivity index (χ0v) is 9.27. The second kappa shape index (κ2) is 4.87. The number of phenolic OH excluding ortho intramolecular Hbond substituents is 2. The first-order valence-corrected chi connectivity index (χ1v) is 5.21. The summed E-state index contributed by atoms with van der Waals surface area (Å²) >= 11 is 0. The Balaban J connectivity index is 2.24. The molecule has 2 N–H and O–H groups in total. The summed E-state index contributed by atoms with van der Waals surface area (Å²) in [6, 6.07) is 7.89. The third-order valence-corrected chi connectivity index (χ3v) is 2.41.